The lowest BCUT2D eigenvalue weighted by Gasteiger charge is -2.10. The Morgan fingerprint density at radius 2 is 2.00 bits per heavy atom. The van der Waals surface area contributed by atoms with Crippen LogP contribution in [-0.2, 0) is 0 Å². The second-order valence-corrected chi connectivity index (χ2v) is 5.61. The summed E-state index contributed by atoms with van der Waals surface area (Å²) in [5.74, 6) is -0.140. The van der Waals surface area contributed by atoms with E-state index in [0.717, 1.165) is 5.65 Å². The number of aliphatic hydroxyl groups excluding tert-OH is 1. The number of aliphatic hydroxyl groups is 1. The standard InChI is InChI=1S/C17H15ClN2O2/c1-11-17(20-9-3-2-4-16(20)19-11)15(22)10-14(21)12-5-7-13(18)8-6-12/h2-9,14,21H,10H2,1H3/t14-/m1/s1. The number of hydrogen-bond acceptors (Lipinski definition) is 3. The number of hydrogen-bond donors (Lipinski definition) is 1. The highest BCUT2D eigenvalue weighted by atomic mass is 35.5. The van der Waals surface area contributed by atoms with E-state index in [2.05, 4.69) is 4.98 Å². The predicted molar refractivity (Wildman–Crippen MR) is 85.3 cm³/mol. The smallest absolute Gasteiger partial charge is 0.184 e. The Balaban J connectivity index is 1.87. The molecular weight excluding hydrogens is 300 g/mol. The van der Waals surface area contributed by atoms with Crippen LogP contribution in [0.25, 0.3) is 5.65 Å². The fraction of sp³-hybridized carbons (Fsp3) is 0.176. The highest BCUT2D eigenvalue weighted by molar-refractivity contribution is 6.30. The number of carbonyl (C=O) groups is 1. The molecule has 0 radical (unpaired) electrons. The van der Waals surface area contributed by atoms with Crippen LogP contribution in [0.1, 0.15) is 34.3 Å². The van der Waals surface area contributed by atoms with Gasteiger partial charge in [-0.25, -0.2) is 4.98 Å². The first kappa shape index (κ1) is 14.8. The van der Waals surface area contributed by atoms with Gasteiger partial charge in [0, 0.05) is 17.6 Å². The molecule has 0 aliphatic carbocycles. The molecule has 1 N–H and O–H groups in total. The summed E-state index contributed by atoms with van der Waals surface area (Å²) in [5, 5.41) is 10.8. The molecule has 1 atom stereocenters. The highest BCUT2D eigenvalue weighted by Gasteiger charge is 2.20. The zero-order valence-electron chi connectivity index (χ0n) is 12.0. The van der Waals surface area contributed by atoms with Gasteiger partial charge in [0.15, 0.2) is 5.78 Å². The van der Waals surface area contributed by atoms with Crippen LogP contribution >= 0.6 is 11.6 Å². The number of nitrogens with zero attached hydrogens (tertiary/aromatic N) is 2. The molecule has 0 saturated heterocycles. The lowest BCUT2D eigenvalue weighted by atomic mass is 10.0. The molecule has 22 heavy (non-hydrogen) atoms. The summed E-state index contributed by atoms with van der Waals surface area (Å²) in [6.07, 6.45) is 0.945. The summed E-state index contributed by atoms with van der Waals surface area (Å²) < 4.78 is 1.76. The normalized spacial score (nSPS) is 12.5. The average molecular weight is 315 g/mol. The minimum atomic E-state index is -0.863. The van der Waals surface area contributed by atoms with Crippen LogP contribution in [0.2, 0.25) is 5.02 Å². The monoisotopic (exact) mass is 314 g/mol. The Kier molecular flexibility index (Phi) is 3.96. The fourth-order valence-corrected chi connectivity index (χ4v) is 2.65. The minimum absolute atomic E-state index is 0.00512. The quantitative estimate of drug-likeness (QED) is 0.749. The number of pyridine rings is 1. The van der Waals surface area contributed by atoms with Crippen LogP contribution in [0.3, 0.4) is 0 Å². The fourth-order valence-electron chi connectivity index (χ4n) is 2.52. The van der Waals surface area contributed by atoms with Gasteiger partial charge in [0.2, 0.25) is 0 Å². The number of carbonyl (C=O) groups excluding carboxylic acids is 1. The molecule has 0 unspecified atom stereocenters. The second-order valence-electron chi connectivity index (χ2n) is 5.17. The maximum absolute atomic E-state index is 12.5. The van der Waals surface area contributed by atoms with E-state index in [4.69, 9.17) is 11.6 Å². The van der Waals surface area contributed by atoms with Crippen molar-refractivity contribution in [1.29, 1.82) is 0 Å². The van der Waals surface area contributed by atoms with Gasteiger partial charge >= 0.3 is 0 Å². The number of Topliss-reactive ketones (excluding diaryl/α,β-unsaturated/α-hetero) is 1. The van der Waals surface area contributed by atoms with E-state index in [1.807, 2.05) is 18.2 Å². The molecule has 4 nitrogen and oxygen atoms in total. The Morgan fingerprint density at radius 1 is 1.27 bits per heavy atom. The summed E-state index contributed by atoms with van der Waals surface area (Å²) in [7, 11) is 0. The maximum Gasteiger partial charge on any atom is 0.184 e. The van der Waals surface area contributed by atoms with Gasteiger partial charge in [-0.3, -0.25) is 9.20 Å². The lowest BCUT2D eigenvalue weighted by molar-refractivity contribution is 0.0874. The molecule has 0 fully saturated rings. The van der Waals surface area contributed by atoms with Crippen LogP contribution < -0.4 is 0 Å². The van der Waals surface area contributed by atoms with E-state index in [9.17, 15) is 9.90 Å². The summed E-state index contributed by atoms with van der Waals surface area (Å²) in [4.78, 5) is 16.9. The van der Waals surface area contributed by atoms with Crippen molar-refractivity contribution in [2.75, 3.05) is 0 Å². The van der Waals surface area contributed by atoms with Crippen molar-refractivity contribution < 1.29 is 9.90 Å². The summed E-state index contributed by atoms with van der Waals surface area (Å²) in [6.45, 7) is 1.80. The molecule has 0 aliphatic heterocycles. The third-order valence-electron chi connectivity index (χ3n) is 3.60. The van der Waals surface area contributed by atoms with Crippen molar-refractivity contribution in [2.24, 2.45) is 0 Å². The zero-order valence-corrected chi connectivity index (χ0v) is 12.8. The molecule has 2 heterocycles. The molecule has 5 heteroatoms. The zero-order chi connectivity index (χ0) is 15.7. The molecule has 3 aromatic rings. The molecule has 0 aliphatic rings. The van der Waals surface area contributed by atoms with E-state index < -0.39 is 6.10 Å². The van der Waals surface area contributed by atoms with E-state index >= 15 is 0 Å². The van der Waals surface area contributed by atoms with Gasteiger partial charge in [-0.15, -0.1) is 0 Å². The Bertz CT molecular complexity index is 824. The van der Waals surface area contributed by atoms with Crippen molar-refractivity contribution in [3.8, 4) is 0 Å². The molecule has 2 aromatic heterocycles. The van der Waals surface area contributed by atoms with Gasteiger partial charge < -0.3 is 5.11 Å². The first-order chi connectivity index (χ1) is 10.6. The second kappa shape index (κ2) is 5.91. The van der Waals surface area contributed by atoms with Crippen molar-refractivity contribution >= 4 is 23.0 Å². The number of aryl methyl sites for hydroxylation is 1. The third-order valence-corrected chi connectivity index (χ3v) is 3.85. The molecule has 1 aromatic carbocycles. The number of benzene rings is 1. The Hall–Kier alpha value is -2.17. The molecule has 0 saturated carbocycles. The van der Waals surface area contributed by atoms with Crippen molar-refractivity contribution in [1.82, 2.24) is 9.38 Å². The first-order valence-corrected chi connectivity index (χ1v) is 7.34. The van der Waals surface area contributed by atoms with Crippen LogP contribution in [0.5, 0.6) is 0 Å². The molecular formula is C17H15ClN2O2. The van der Waals surface area contributed by atoms with Gasteiger partial charge in [0.05, 0.1) is 11.8 Å². The molecule has 0 bridgehead atoms. The Labute approximate surface area is 133 Å². The van der Waals surface area contributed by atoms with E-state index in [1.54, 1.807) is 41.8 Å². The van der Waals surface area contributed by atoms with Crippen LogP contribution in [-0.4, -0.2) is 20.3 Å². The van der Waals surface area contributed by atoms with Gasteiger partial charge in [-0.2, -0.15) is 0 Å². The number of aromatic nitrogens is 2. The van der Waals surface area contributed by atoms with Gasteiger partial charge in [-0.1, -0.05) is 29.8 Å². The lowest BCUT2D eigenvalue weighted by Crippen LogP contribution is -2.10. The average Bonchev–Trinajstić information content (AvgIpc) is 2.83. The highest BCUT2D eigenvalue weighted by Crippen LogP contribution is 2.22. The summed E-state index contributed by atoms with van der Waals surface area (Å²) in [5.41, 5.74) is 2.58. The van der Waals surface area contributed by atoms with Crippen LogP contribution in [0.4, 0.5) is 0 Å². The van der Waals surface area contributed by atoms with Gasteiger partial charge in [-0.05, 0) is 36.8 Å². The van der Waals surface area contributed by atoms with Crippen molar-refractivity contribution in [3.05, 3.63) is 70.6 Å². The van der Waals surface area contributed by atoms with Gasteiger partial charge in [0.25, 0.3) is 0 Å². The molecule has 0 amide bonds. The number of halogens is 1. The van der Waals surface area contributed by atoms with E-state index in [-0.39, 0.29) is 12.2 Å². The summed E-state index contributed by atoms with van der Waals surface area (Å²) >= 11 is 5.83. The third kappa shape index (κ3) is 2.75. The van der Waals surface area contributed by atoms with E-state index in [0.29, 0.717) is 22.0 Å². The minimum Gasteiger partial charge on any atom is -0.388 e. The largest absolute Gasteiger partial charge is 0.388 e. The topological polar surface area (TPSA) is 54.6 Å². The van der Waals surface area contributed by atoms with Crippen molar-refractivity contribution in [2.45, 2.75) is 19.4 Å². The summed E-state index contributed by atoms with van der Waals surface area (Å²) in [6, 6.07) is 12.4. The maximum atomic E-state index is 12.5. The van der Waals surface area contributed by atoms with Crippen molar-refractivity contribution in [3.63, 3.8) is 0 Å². The predicted octanol–water partition coefficient (Wildman–Crippen LogP) is 3.60. The van der Waals surface area contributed by atoms with Gasteiger partial charge in [0.1, 0.15) is 11.3 Å². The first-order valence-electron chi connectivity index (χ1n) is 6.96. The number of rotatable bonds is 4. The number of fused-ring (bicyclic) bond motifs is 1. The Morgan fingerprint density at radius 3 is 2.73 bits per heavy atom. The van der Waals surface area contributed by atoms with Crippen LogP contribution in [0, 0.1) is 6.92 Å². The SMILES string of the molecule is Cc1nc2ccccn2c1C(=O)C[C@@H](O)c1ccc(Cl)cc1. The van der Waals surface area contributed by atoms with E-state index in [1.165, 1.54) is 0 Å². The molecule has 0 spiro atoms. The number of imidazole rings is 1. The molecule has 3 rings (SSSR count). The number of ketones is 1. The molecule has 112 valence electrons. The van der Waals surface area contributed by atoms with Crippen LogP contribution in [0.15, 0.2) is 48.7 Å².